The summed E-state index contributed by atoms with van der Waals surface area (Å²) < 4.78 is 5.41. The number of benzene rings is 1. The number of nitrogens with zero attached hydrogens (tertiary/aromatic N) is 1. The van der Waals surface area contributed by atoms with Crippen molar-refractivity contribution in [1.29, 1.82) is 0 Å². The molecule has 4 nitrogen and oxygen atoms in total. The number of para-hydroxylation sites is 1. The fourth-order valence-corrected chi connectivity index (χ4v) is 3.65. The third-order valence-electron chi connectivity index (χ3n) is 4.63. The molecule has 2 heterocycles. The summed E-state index contributed by atoms with van der Waals surface area (Å²) >= 11 is 0. The van der Waals surface area contributed by atoms with Crippen molar-refractivity contribution in [2.24, 2.45) is 4.99 Å². The molecule has 2 aliphatic rings. The number of aromatic hydroxyl groups is 1. The molecule has 1 aromatic heterocycles. The molecule has 1 aliphatic heterocycles. The molecule has 1 fully saturated rings. The minimum Gasteiger partial charge on any atom is -0.502 e. The van der Waals surface area contributed by atoms with Crippen LogP contribution in [0.4, 0.5) is 5.69 Å². The molecule has 106 valence electrons. The summed E-state index contributed by atoms with van der Waals surface area (Å²) in [4.78, 5) is 16.4. The quantitative estimate of drug-likeness (QED) is 0.920. The molecule has 4 rings (SSSR count). The van der Waals surface area contributed by atoms with Crippen LogP contribution < -0.4 is 5.43 Å². The maximum atomic E-state index is 11.6. The third-order valence-corrected chi connectivity index (χ3v) is 4.63. The first-order valence-corrected chi connectivity index (χ1v) is 7.18. The number of hydrogen-bond donors (Lipinski definition) is 1. The van der Waals surface area contributed by atoms with Gasteiger partial charge in [0.25, 0.3) is 0 Å². The van der Waals surface area contributed by atoms with Gasteiger partial charge in [0.15, 0.2) is 5.76 Å². The van der Waals surface area contributed by atoms with E-state index in [1.165, 1.54) is 17.9 Å². The second-order valence-corrected chi connectivity index (χ2v) is 5.74. The van der Waals surface area contributed by atoms with Gasteiger partial charge in [-0.15, -0.1) is 0 Å². The lowest BCUT2D eigenvalue weighted by Crippen LogP contribution is -2.31. The summed E-state index contributed by atoms with van der Waals surface area (Å²) in [5.74, 6) is 0.0799. The van der Waals surface area contributed by atoms with Gasteiger partial charge in [0.1, 0.15) is 0 Å². The maximum Gasteiger partial charge on any atom is 0.226 e. The molecule has 1 aliphatic carbocycles. The average molecular weight is 281 g/mol. The number of rotatable bonds is 2. The highest BCUT2D eigenvalue weighted by atomic mass is 16.4. The van der Waals surface area contributed by atoms with Crippen molar-refractivity contribution in [3.05, 3.63) is 58.1 Å². The zero-order chi connectivity index (χ0) is 14.4. The molecule has 4 heteroatoms. The first-order valence-electron chi connectivity index (χ1n) is 7.18. The van der Waals surface area contributed by atoms with Crippen molar-refractivity contribution >= 4 is 11.4 Å². The highest BCUT2D eigenvalue weighted by Crippen LogP contribution is 2.50. The van der Waals surface area contributed by atoms with Crippen LogP contribution in [0.25, 0.3) is 0 Å². The molecule has 0 spiro atoms. The summed E-state index contributed by atoms with van der Waals surface area (Å²) in [6.07, 6.45) is 4.85. The summed E-state index contributed by atoms with van der Waals surface area (Å²) in [5, 5.41) is 9.98. The van der Waals surface area contributed by atoms with Crippen molar-refractivity contribution in [3.63, 3.8) is 0 Å². The molecule has 0 bridgehead atoms. The summed E-state index contributed by atoms with van der Waals surface area (Å²) in [7, 11) is 0. The topological polar surface area (TPSA) is 62.8 Å². The second-order valence-electron chi connectivity index (χ2n) is 5.74. The Labute approximate surface area is 121 Å². The molecule has 2 aromatic rings. The van der Waals surface area contributed by atoms with E-state index in [4.69, 9.17) is 9.41 Å². The van der Waals surface area contributed by atoms with Crippen LogP contribution in [0.15, 0.2) is 50.8 Å². The van der Waals surface area contributed by atoms with E-state index in [1.54, 1.807) is 0 Å². The average Bonchev–Trinajstić information content (AvgIpc) is 3.00. The van der Waals surface area contributed by atoms with Crippen molar-refractivity contribution < 1.29 is 9.52 Å². The highest BCUT2D eigenvalue weighted by Gasteiger charge is 2.47. The fraction of sp³-hybridized carbons (Fsp3) is 0.294. The van der Waals surface area contributed by atoms with Gasteiger partial charge in [-0.3, -0.25) is 9.79 Å². The number of aliphatic imine (C=N–C) groups is 1. The van der Waals surface area contributed by atoms with Crippen molar-refractivity contribution in [2.45, 2.75) is 31.1 Å². The Bertz CT molecular complexity index is 806. The van der Waals surface area contributed by atoms with E-state index >= 15 is 0 Å². The first kappa shape index (κ1) is 12.4. The Morgan fingerprint density at radius 1 is 1.29 bits per heavy atom. The smallest absolute Gasteiger partial charge is 0.226 e. The molecular weight excluding hydrogens is 266 g/mol. The Kier molecular flexibility index (Phi) is 2.55. The molecule has 21 heavy (non-hydrogen) atoms. The highest BCUT2D eigenvalue weighted by molar-refractivity contribution is 6.03. The van der Waals surface area contributed by atoms with Gasteiger partial charge < -0.3 is 9.52 Å². The van der Waals surface area contributed by atoms with E-state index in [2.05, 4.69) is 6.07 Å². The summed E-state index contributed by atoms with van der Waals surface area (Å²) in [6.45, 7) is 0. The van der Waals surface area contributed by atoms with Crippen LogP contribution in [0.3, 0.4) is 0 Å². The molecule has 0 saturated heterocycles. The monoisotopic (exact) mass is 281 g/mol. The normalized spacial score (nSPS) is 22.8. The first-order chi connectivity index (χ1) is 10.2. The van der Waals surface area contributed by atoms with Crippen LogP contribution >= 0.6 is 0 Å². The molecule has 0 amide bonds. The second kappa shape index (κ2) is 4.32. The Balaban J connectivity index is 1.85. The SMILES string of the molecule is O=c1ccoc(CC23CCCC2=Nc2ccccc23)c1O. The minimum absolute atomic E-state index is 0.217. The lowest BCUT2D eigenvalue weighted by molar-refractivity contribution is 0.378. The number of fused-ring (bicyclic) bond motifs is 3. The summed E-state index contributed by atoms with van der Waals surface area (Å²) in [5.41, 5.74) is 2.73. The van der Waals surface area contributed by atoms with E-state index in [9.17, 15) is 9.90 Å². The Morgan fingerprint density at radius 2 is 2.14 bits per heavy atom. The minimum atomic E-state index is -0.393. The van der Waals surface area contributed by atoms with Gasteiger partial charge >= 0.3 is 0 Å². The van der Waals surface area contributed by atoms with Crippen LogP contribution in [0, 0.1) is 0 Å². The Hall–Kier alpha value is -2.36. The Morgan fingerprint density at radius 3 is 3.05 bits per heavy atom. The van der Waals surface area contributed by atoms with E-state index in [0.29, 0.717) is 12.2 Å². The molecule has 1 N–H and O–H groups in total. The zero-order valence-corrected chi connectivity index (χ0v) is 11.5. The molecule has 1 atom stereocenters. The fourth-order valence-electron chi connectivity index (χ4n) is 3.65. The lowest BCUT2D eigenvalue weighted by Gasteiger charge is -2.26. The predicted octanol–water partition coefficient (Wildman–Crippen LogP) is 3.10. The predicted molar refractivity (Wildman–Crippen MR) is 79.4 cm³/mol. The van der Waals surface area contributed by atoms with Crippen LogP contribution in [0.2, 0.25) is 0 Å². The van der Waals surface area contributed by atoms with E-state index in [1.807, 2.05) is 18.2 Å². The van der Waals surface area contributed by atoms with Gasteiger partial charge in [-0.2, -0.15) is 0 Å². The van der Waals surface area contributed by atoms with E-state index < -0.39 is 5.43 Å². The van der Waals surface area contributed by atoms with Crippen molar-refractivity contribution in [3.8, 4) is 5.75 Å². The van der Waals surface area contributed by atoms with Crippen LogP contribution in [-0.4, -0.2) is 10.8 Å². The number of hydrogen-bond acceptors (Lipinski definition) is 4. The van der Waals surface area contributed by atoms with Gasteiger partial charge in [-0.25, -0.2) is 0 Å². The summed E-state index contributed by atoms with van der Waals surface area (Å²) in [6, 6.07) is 9.34. The van der Waals surface area contributed by atoms with E-state index in [0.717, 1.165) is 30.7 Å². The van der Waals surface area contributed by atoms with Crippen LogP contribution in [0.1, 0.15) is 30.6 Å². The van der Waals surface area contributed by atoms with Crippen LogP contribution in [-0.2, 0) is 11.8 Å². The third kappa shape index (κ3) is 1.68. The maximum absolute atomic E-state index is 11.6. The van der Waals surface area contributed by atoms with Crippen molar-refractivity contribution in [1.82, 2.24) is 0 Å². The molecule has 1 saturated carbocycles. The zero-order valence-electron chi connectivity index (χ0n) is 11.5. The van der Waals surface area contributed by atoms with Gasteiger partial charge in [0.2, 0.25) is 11.2 Å². The molecule has 1 unspecified atom stereocenters. The van der Waals surface area contributed by atoms with Crippen molar-refractivity contribution in [2.75, 3.05) is 0 Å². The van der Waals surface area contributed by atoms with Gasteiger partial charge in [-0.05, 0) is 30.9 Å². The standard InChI is InChI=1S/C17H15NO3/c19-13-7-9-21-14(16(13)20)10-17-8-3-6-15(17)18-12-5-2-1-4-11(12)17/h1-2,4-5,7,9,20H,3,6,8,10H2. The van der Waals surface area contributed by atoms with E-state index in [-0.39, 0.29) is 11.2 Å². The lowest BCUT2D eigenvalue weighted by atomic mass is 9.75. The van der Waals surface area contributed by atoms with Gasteiger partial charge in [0, 0.05) is 23.6 Å². The molecule has 1 aromatic carbocycles. The van der Waals surface area contributed by atoms with Gasteiger partial charge in [0.05, 0.1) is 12.0 Å². The van der Waals surface area contributed by atoms with Crippen LogP contribution in [0.5, 0.6) is 5.75 Å². The largest absolute Gasteiger partial charge is 0.502 e. The van der Waals surface area contributed by atoms with Gasteiger partial charge in [-0.1, -0.05) is 18.2 Å². The molecule has 0 radical (unpaired) electrons. The molecular formula is C17H15NO3.